The number of halogens is 1. The van der Waals surface area contributed by atoms with E-state index in [0.717, 1.165) is 11.6 Å². The van der Waals surface area contributed by atoms with Gasteiger partial charge in [0.15, 0.2) is 11.5 Å². The number of benzene rings is 2. The third-order valence-corrected chi connectivity index (χ3v) is 3.70. The van der Waals surface area contributed by atoms with E-state index in [-0.39, 0.29) is 16.3 Å². The minimum atomic E-state index is -0.577. The van der Waals surface area contributed by atoms with Crippen LogP contribution in [0.3, 0.4) is 0 Å². The Hall–Kier alpha value is -2.80. The number of hydrogen-bond donors (Lipinski definition) is 1. The second kappa shape index (κ2) is 7.18. The van der Waals surface area contributed by atoms with Crippen molar-refractivity contribution >= 4 is 28.9 Å². The molecule has 0 aromatic heterocycles. The third kappa shape index (κ3) is 3.57. The zero-order chi connectivity index (χ0) is 17.9. The van der Waals surface area contributed by atoms with Gasteiger partial charge in [0.05, 0.1) is 29.7 Å². The molecule has 0 saturated heterocycles. The van der Waals surface area contributed by atoms with Crippen molar-refractivity contribution in [1.82, 2.24) is 0 Å². The van der Waals surface area contributed by atoms with E-state index in [1.54, 1.807) is 19.1 Å². The maximum Gasteiger partial charge on any atom is 0.270 e. The predicted molar refractivity (Wildman–Crippen MR) is 90.3 cm³/mol. The molecule has 2 aromatic carbocycles. The number of rotatable bonds is 5. The maximum absolute atomic E-state index is 12.4. The van der Waals surface area contributed by atoms with Gasteiger partial charge in [-0.25, -0.2) is 0 Å². The Morgan fingerprint density at radius 2 is 1.79 bits per heavy atom. The molecule has 0 heterocycles. The van der Waals surface area contributed by atoms with Gasteiger partial charge in [-0.2, -0.15) is 0 Å². The summed E-state index contributed by atoms with van der Waals surface area (Å²) in [5.41, 5.74) is 1.24. The lowest BCUT2D eigenvalue weighted by molar-refractivity contribution is -0.384. The summed E-state index contributed by atoms with van der Waals surface area (Å²) in [5.74, 6) is 0.528. The summed E-state index contributed by atoms with van der Waals surface area (Å²) in [5, 5.41) is 13.4. The largest absolute Gasteiger partial charge is 0.493 e. The molecule has 0 fully saturated rings. The number of methoxy groups -OCH3 is 2. The average molecular weight is 351 g/mol. The summed E-state index contributed by atoms with van der Waals surface area (Å²) in [4.78, 5) is 22.5. The van der Waals surface area contributed by atoms with Crippen LogP contribution in [0.4, 0.5) is 11.4 Å². The Balaban J connectivity index is 2.31. The van der Waals surface area contributed by atoms with Crippen LogP contribution >= 0.6 is 11.6 Å². The Labute approximate surface area is 143 Å². The van der Waals surface area contributed by atoms with Gasteiger partial charge in [-0.15, -0.1) is 0 Å². The van der Waals surface area contributed by atoms with Gasteiger partial charge in [-0.1, -0.05) is 11.6 Å². The first-order valence-electron chi connectivity index (χ1n) is 6.85. The van der Waals surface area contributed by atoms with Crippen molar-refractivity contribution < 1.29 is 19.2 Å². The van der Waals surface area contributed by atoms with E-state index in [0.29, 0.717) is 17.2 Å². The minimum Gasteiger partial charge on any atom is -0.493 e. The van der Waals surface area contributed by atoms with E-state index in [1.165, 1.54) is 26.4 Å². The van der Waals surface area contributed by atoms with E-state index in [9.17, 15) is 14.9 Å². The van der Waals surface area contributed by atoms with Crippen LogP contribution in [0.25, 0.3) is 0 Å². The number of non-ortho nitro benzene ring substituents is 1. The zero-order valence-corrected chi connectivity index (χ0v) is 14.0. The number of carbonyl (C=O) groups is 1. The molecule has 0 radical (unpaired) electrons. The highest BCUT2D eigenvalue weighted by Crippen LogP contribution is 2.33. The van der Waals surface area contributed by atoms with Gasteiger partial charge in [-0.3, -0.25) is 14.9 Å². The molecule has 0 bridgehead atoms. The molecular weight excluding hydrogens is 336 g/mol. The number of ether oxygens (including phenoxy) is 2. The summed E-state index contributed by atoms with van der Waals surface area (Å²) >= 11 is 5.97. The highest BCUT2D eigenvalue weighted by Gasteiger charge is 2.17. The Bertz CT molecular complexity index is 807. The molecule has 8 heteroatoms. The first-order chi connectivity index (χ1) is 11.4. The second-order valence-corrected chi connectivity index (χ2v) is 5.30. The number of nitro groups is 1. The number of nitrogens with one attached hydrogen (secondary N) is 1. The number of hydrogen-bond acceptors (Lipinski definition) is 5. The van der Waals surface area contributed by atoms with E-state index in [2.05, 4.69) is 5.32 Å². The van der Waals surface area contributed by atoms with E-state index >= 15 is 0 Å². The quantitative estimate of drug-likeness (QED) is 0.653. The second-order valence-electron chi connectivity index (χ2n) is 4.90. The molecule has 0 atom stereocenters. The van der Waals surface area contributed by atoms with Crippen LogP contribution < -0.4 is 14.8 Å². The van der Waals surface area contributed by atoms with Crippen molar-refractivity contribution in [3.8, 4) is 11.5 Å². The first kappa shape index (κ1) is 17.6. The molecular formula is C16H15ClN2O5. The molecule has 0 aliphatic rings. The summed E-state index contributed by atoms with van der Waals surface area (Å²) < 4.78 is 10.4. The highest BCUT2D eigenvalue weighted by atomic mass is 35.5. The van der Waals surface area contributed by atoms with Gasteiger partial charge in [0, 0.05) is 23.9 Å². The number of aryl methyl sites for hydroxylation is 1. The Morgan fingerprint density at radius 3 is 2.33 bits per heavy atom. The Morgan fingerprint density at radius 1 is 1.17 bits per heavy atom. The lowest BCUT2D eigenvalue weighted by atomic mass is 10.1. The van der Waals surface area contributed by atoms with E-state index in [4.69, 9.17) is 21.1 Å². The normalized spacial score (nSPS) is 10.2. The predicted octanol–water partition coefficient (Wildman–Crippen LogP) is 3.83. The van der Waals surface area contributed by atoms with Gasteiger partial charge in [0.2, 0.25) is 0 Å². The fourth-order valence-electron chi connectivity index (χ4n) is 2.11. The lowest BCUT2D eigenvalue weighted by Gasteiger charge is -2.14. The van der Waals surface area contributed by atoms with Crippen LogP contribution in [-0.4, -0.2) is 25.1 Å². The van der Waals surface area contributed by atoms with Crippen LogP contribution in [0.5, 0.6) is 11.5 Å². The molecule has 1 amide bonds. The molecule has 7 nitrogen and oxygen atoms in total. The monoisotopic (exact) mass is 350 g/mol. The van der Waals surface area contributed by atoms with Gasteiger partial charge >= 0.3 is 0 Å². The number of anilines is 1. The van der Waals surface area contributed by atoms with Gasteiger partial charge in [0.25, 0.3) is 11.6 Å². The molecule has 1 N–H and O–H groups in total. The highest BCUT2D eigenvalue weighted by molar-refractivity contribution is 6.34. The number of nitro benzene ring substituents is 1. The summed E-state index contributed by atoms with van der Waals surface area (Å²) in [6.07, 6.45) is 0. The number of carbonyl (C=O) groups excluding carboxylic acids is 1. The SMILES string of the molecule is COc1cc(C)c(NC(=O)c2ccc([N+](=O)[O-])cc2Cl)cc1OC. The van der Waals surface area contributed by atoms with Crippen LogP contribution in [0.2, 0.25) is 5.02 Å². The van der Waals surface area contributed by atoms with Crippen molar-refractivity contribution in [2.45, 2.75) is 6.92 Å². The summed E-state index contributed by atoms with van der Waals surface area (Å²) in [6, 6.07) is 7.03. The van der Waals surface area contributed by atoms with E-state index < -0.39 is 10.8 Å². The fraction of sp³-hybridized carbons (Fsp3) is 0.188. The average Bonchev–Trinajstić information content (AvgIpc) is 2.55. The molecule has 0 aliphatic heterocycles. The summed E-state index contributed by atoms with van der Waals surface area (Å²) in [6.45, 7) is 1.80. The van der Waals surface area contributed by atoms with Crippen molar-refractivity contribution in [3.63, 3.8) is 0 Å². The van der Waals surface area contributed by atoms with Crippen molar-refractivity contribution in [3.05, 3.63) is 56.6 Å². The molecule has 24 heavy (non-hydrogen) atoms. The molecule has 0 saturated carbocycles. The standard InChI is InChI=1S/C16H15ClN2O5/c1-9-6-14(23-2)15(24-3)8-13(9)18-16(20)11-5-4-10(19(21)22)7-12(11)17/h4-8H,1-3H3,(H,18,20). The Kier molecular flexibility index (Phi) is 5.25. The molecule has 0 spiro atoms. The van der Waals surface area contributed by atoms with Gasteiger partial charge < -0.3 is 14.8 Å². The maximum atomic E-state index is 12.4. The molecule has 0 unspecified atom stereocenters. The lowest BCUT2D eigenvalue weighted by Crippen LogP contribution is -2.13. The van der Waals surface area contributed by atoms with Crippen molar-refractivity contribution in [2.75, 3.05) is 19.5 Å². The smallest absolute Gasteiger partial charge is 0.270 e. The topological polar surface area (TPSA) is 90.7 Å². The van der Waals surface area contributed by atoms with Crippen molar-refractivity contribution in [1.29, 1.82) is 0 Å². The number of amides is 1. The number of nitrogens with zero attached hydrogens (tertiary/aromatic N) is 1. The summed E-state index contributed by atoms with van der Waals surface area (Å²) in [7, 11) is 3.01. The molecule has 0 aliphatic carbocycles. The van der Waals surface area contributed by atoms with Gasteiger partial charge in [0.1, 0.15) is 0 Å². The molecule has 2 aromatic rings. The van der Waals surface area contributed by atoms with Crippen LogP contribution in [0.1, 0.15) is 15.9 Å². The molecule has 126 valence electrons. The van der Waals surface area contributed by atoms with E-state index in [1.807, 2.05) is 0 Å². The van der Waals surface area contributed by atoms with Crippen LogP contribution in [-0.2, 0) is 0 Å². The van der Waals surface area contributed by atoms with Crippen molar-refractivity contribution in [2.24, 2.45) is 0 Å². The fourth-order valence-corrected chi connectivity index (χ4v) is 2.37. The van der Waals surface area contributed by atoms with Gasteiger partial charge in [-0.05, 0) is 24.6 Å². The van der Waals surface area contributed by atoms with Crippen LogP contribution in [0, 0.1) is 17.0 Å². The third-order valence-electron chi connectivity index (χ3n) is 3.39. The minimum absolute atomic E-state index is 0.000158. The first-order valence-corrected chi connectivity index (χ1v) is 7.23. The zero-order valence-electron chi connectivity index (χ0n) is 13.3. The van der Waals surface area contributed by atoms with Crippen LogP contribution in [0.15, 0.2) is 30.3 Å². The molecule has 2 rings (SSSR count).